The van der Waals surface area contributed by atoms with E-state index >= 15 is 0 Å². The van der Waals surface area contributed by atoms with E-state index in [0.717, 1.165) is 19.3 Å². The quantitative estimate of drug-likeness (QED) is 0.199. The predicted molar refractivity (Wildman–Crippen MR) is 87.7 cm³/mol. The number of nitrogens with zero attached hydrogens (tertiary/aromatic N) is 3. The van der Waals surface area contributed by atoms with Crippen molar-refractivity contribution < 1.29 is 24.7 Å². The fourth-order valence-electron chi connectivity index (χ4n) is 2.17. The smallest absolute Gasteiger partial charge is 0.354 e. The number of carboxylic acid groups (broad SMARTS) is 1. The lowest BCUT2D eigenvalue weighted by Gasteiger charge is -2.19. The highest BCUT2D eigenvalue weighted by Gasteiger charge is 2.21. The Kier molecular flexibility index (Phi) is 8.27. The average Bonchev–Trinajstić information content (AvgIpc) is 2.58. The number of carboxylic acids is 1. The maximum Gasteiger partial charge on any atom is 0.354 e. The van der Waals surface area contributed by atoms with E-state index in [1.54, 1.807) is 6.92 Å². The minimum Gasteiger partial charge on any atom is -0.477 e. The molecule has 0 saturated carbocycles. The molecule has 0 aliphatic rings. The number of hydrazine groups is 1. The summed E-state index contributed by atoms with van der Waals surface area (Å²) in [6, 6.07) is 1.30. The number of aromatic carboxylic acids is 1. The number of rotatable bonds is 11. The Bertz CT molecular complexity index is 610. The molecule has 0 aromatic carbocycles. The molecule has 0 unspecified atom stereocenters. The van der Waals surface area contributed by atoms with E-state index in [-0.39, 0.29) is 24.6 Å². The van der Waals surface area contributed by atoms with Crippen LogP contribution in [0.25, 0.3) is 0 Å². The highest BCUT2D eigenvalue weighted by molar-refractivity contribution is 5.86. The molecular formula is C15H23N5O5. The number of anilines is 1. The fraction of sp³-hybridized carbons (Fsp3) is 0.533. The normalized spacial score (nSPS) is 11.5. The number of unbranched alkanes of at least 4 members (excludes halogenated alkanes) is 2. The molecule has 138 valence electrons. The minimum atomic E-state index is -1.21. The van der Waals surface area contributed by atoms with Gasteiger partial charge in [0.05, 0.1) is 12.5 Å². The van der Waals surface area contributed by atoms with E-state index in [1.807, 2.05) is 6.92 Å². The van der Waals surface area contributed by atoms with Gasteiger partial charge in [0.15, 0.2) is 5.69 Å². The first kappa shape index (κ1) is 20.3. The van der Waals surface area contributed by atoms with Gasteiger partial charge in [-0.3, -0.25) is 25.6 Å². The second kappa shape index (κ2) is 10.2. The van der Waals surface area contributed by atoms with E-state index in [1.165, 1.54) is 6.07 Å². The van der Waals surface area contributed by atoms with Crippen LogP contribution in [0.4, 0.5) is 5.95 Å². The lowest BCUT2D eigenvalue weighted by atomic mass is 10.0. The molecule has 1 aromatic rings. The molecule has 2 amide bonds. The van der Waals surface area contributed by atoms with Gasteiger partial charge >= 0.3 is 5.97 Å². The van der Waals surface area contributed by atoms with Crippen LogP contribution < -0.4 is 10.9 Å². The molecular weight excluding hydrogens is 330 g/mol. The maximum absolute atomic E-state index is 12.3. The molecule has 0 radical (unpaired) electrons. The molecule has 0 fully saturated rings. The second-order valence-electron chi connectivity index (χ2n) is 5.56. The standard InChI is InChI=1S/C15H23N5O5/c1-3-4-5-6-11(8-20(25)9-21)13(22)18-19-15-16-10(2)7-12(17-15)14(23)24/h7,9,11,25H,3-6,8H2,1-2H3,(H,18,22)(H,23,24)(H,16,17,19)/t11-/m1/s1. The number of aryl methyl sites for hydroxylation is 1. The van der Waals surface area contributed by atoms with Crippen LogP contribution in [0.1, 0.15) is 48.8 Å². The first-order chi connectivity index (χ1) is 11.9. The van der Waals surface area contributed by atoms with Crippen molar-refractivity contribution in [2.24, 2.45) is 5.92 Å². The molecule has 1 aromatic heterocycles. The van der Waals surface area contributed by atoms with E-state index in [4.69, 9.17) is 5.11 Å². The van der Waals surface area contributed by atoms with Crippen LogP contribution in [-0.2, 0) is 9.59 Å². The van der Waals surface area contributed by atoms with Gasteiger partial charge < -0.3 is 5.11 Å². The highest BCUT2D eigenvalue weighted by atomic mass is 16.5. The van der Waals surface area contributed by atoms with Gasteiger partial charge in [-0.1, -0.05) is 26.2 Å². The summed E-state index contributed by atoms with van der Waals surface area (Å²) in [7, 11) is 0. The zero-order chi connectivity index (χ0) is 18.8. The number of hydrogen-bond donors (Lipinski definition) is 4. The summed E-state index contributed by atoms with van der Waals surface area (Å²) in [4.78, 5) is 41.6. The predicted octanol–water partition coefficient (Wildman–Crippen LogP) is 0.970. The van der Waals surface area contributed by atoms with Crippen molar-refractivity contribution in [1.82, 2.24) is 20.5 Å². The molecule has 10 nitrogen and oxygen atoms in total. The Balaban J connectivity index is 2.72. The van der Waals surface area contributed by atoms with Gasteiger partial charge in [0.2, 0.25) is 18.3 Å². The van der Waals surface area contributed by atoms with Crippen LogP contribution in [0.15, 0.2) is 6.07 Å². The molecule has 0 aliphatic heterocycles. The van der Waals surface area contributed by atoms with Crippen molar-refractivity contribution in [3.63, 3.8) is 0 Å². The summed E-state index contributed by atoms with van der Waals surface area (Å²) in [5.41, 5.74) is 5.08. The molecule has 1 atom stereocenters. The van der Waals surface area contributed by atoms with Crippen molar-refractivity contribution in [1.29, 1.82) is 0 Å². The number of carbonyl (C=O) groups excluding carboxylic acids is 2. The van der Waals surface area contributed by atoms with Gasteiger partial charge in [-0.05, 0) is 19.4 Å². The first-order valence-corrected chi connectivity index (χ1v) is 7.93. The number of nitrogens with one attached hydrogen (secondary N) is 2. The lowest BCUT2D eigenvalue weighted by Crippen LogP contribution is -2.40. The number of aromatic nitrogens is 2. The highest BCUT2D eigenvalue weighted by Crippen LogP contribution is 2.12. The summed E-state index contributed by atoms with van der Waals surface area (Å²) >= 11 is 0. The molecule has 0 bridgehead atoms. The zero-order valence-electron chi connectivity index (χ0n) is 14.2. The Morgan fingerprint density at radius 2 is 2.08 bits per heavy atom. The average molecular weight is 353 g/mol. The van der Waals surface area contributed by atoms with Crippen molar-refractivity contribution >= 4 is 24.2 Å². The summed E-state index contributed by atoms with van der Waals surface area (Å²) < 4.78 is 0. The summed E-state index contributed by atoms with van der Waals surface area (Å²) in [6.07, 6.45) is 3.38. The van der Waals surface area contributed by atoms with Crippen molar-refractivity contribution in [3.8, 4) is 0 Å². The van der Waals surface area contributed by atoms with E-state index in [9.17, 15) is 19.6 Å². The molecule has 25 heavy (non-hydrogen) atoms. The van der Waals surface area contributed by atoms with Gasteiger partial charge in [0, 0.05) is 5.69 Å². The molecule has 1 rings (SSSR count). The van der Waals surface area contributed by atoms with Crippen LogP contribution in [-0.4, -0.2) is 50.2 Å². The number of carbonyl (C=O) groups is 3. The van der Waals surface area contributed by atoms with Crippen molar-refractivity contribution in [2.45, 2.75) is 39.5 Å². The largest absolute Gasteiger partial charge is 0.477 e. The Hall–Kier alpha value is -2.75. The van der Waals surface area contributed by atoms with E-state index in [2.05, 4.69) is 20.8 Å². The Labute approximate surface area is 145 Å². The van der Waals surface area contributed by atoms with Crippen molar-refractivity contribution in [3.05, 3.63) is 17.5 Å². The number of hydrogen-bond acceptors (Lipinski definition) is 7. The zero-order valence-corrected chi connectivity index (χ0v) is 14.2. The molecule has 1 heterocycles. The van der Waals surface area contributed by atoms with Crippen LogP contribution in [0.2, 0.25) is 0 Å². The van der Waals surface area contributed by atoms with Gasteiger partial charge in [-0.15, -0.1) is 0 Å². The molecule has 0 spiro atoms. The molecule has 4 N–H and O–H groups in total. The number of hydroxylamine groups is 2. The lowest BCUT2D eigenvalue weighted by molar-refractivity contribution is -0.154. The molecule has 0 saturated heterocycles. The van der Waals surface area contributed by atoms with Gasteiger partial charge in [0.25, 0.3) is 0 Å². The Morgan fingerprint density at radius 1 is 1.36 bits per heavy atom. The maximum atomic E-state index is 12.3. The fourth-order valence-corrected chi connectivity index (χ4v) is 2.17. The van der Waals surface area contributed by atoms with Crippen LogP contribution >= 0.6 is 0 Å². The van der Waals surface area contributed by atoms with Gasteiger partial charge in [-0.25, -0.2) is 19.8 Å². The molecule has 0 aliphatic carbocycles. The monoisotopic (exact) mass is 353 g/mol. The van der Waals surface area contributed by atoms with Gasteiger partial charge in [-0.2, -0.15) is 0 Å². The topological polar surface area (TPSA) is 145 Å². The summed E-state index contributed by atoms with van der Waals surface area (Å²) in [6.45, 7) is 3.48. The second-order valence-corrected chi connectivity index (χ2v) is 5.56. The van der Waals surface area contributed by atoms with Crippen LogP contribution in [0.3, 0.4) is 0 Å². The first-order valence-electron chi connectivity index (χ1n) is 7.93. The Morgan fingerprint density at radius 3 is 2.68 bits per heavy atom. The van der Waals surface area contributed by atoms with E-state index < -0.39 is 17.8 Å². The van der Waals surface area contributed by atoms with Crippen LogP contribution in [0.5, 0.6) is 0 Å². The van der Waals surface area contributed by atoms with E-state index in [0.29, 0.717) is 17.2 Å². The third kappa shape index (κ3) is 7.12. The number of amides is 2. The molecule has 10 heteroatoms. The third-order valence-electron chi connectivity index (χ3n) is 3.43. The third-order valence-corrected chi connectivity index (χ3v) is 3.43. The van der Waals surface area contributed by atoms with Crippen LogP contribution in [0, 0.1) is 12.8 Å². The SMILES string of the molecule is CCCCC[C@H](CN(O)C=O)C(=O)NNc1nc(C)cc(C(=O)O)n1. The summed E-state index contributed by atoms with van der Waals surface area (Å²) in [5.74, 6) is -2.36. The summed E-state index contributed by atoms with van der Waals surface area (Å²) in [5, 5.41) is 18.7. The van der Waals surface area contributed by atoms with Gasteiger partial charge in [0.1, 0.15) is 0 Å². The van der Waals surface area contributed by atoms with Crippen molar-refractivity contribution in [2.75, 3.05) is 12.0 Å². The minimum absolute atomic E-state index is 0.0608.